The maximum absolute atomic E-state index is 9.82. The molecule has 0 radical (unpaired) electrons. The predicted octanol–water partition coefficient (Wildman–Crippen LogP) is 2.82. The van der Waals surface area contributed by atoms with E-state index < -0.39 is 0 Å². The van der Waals surface area contributed by atoms with Gasteiger partial charge in [0.25, 0.3) is 0 Å². The molecule has 0 spiro atoms. The van der Waals surface area contributed by atoms with Gasteiger partial charge in [0, 0.05) is 24.5 Å². The lowest BCUT2D eigenvalue weighted by atomic mass is 9.93. The molecule has 1 aromatic heterocycles. The maximum atomic E-state index is 9.82. The maximum Gasteiger partial charge on any atom is 0.0807 e. The topological polar surface area (TPSA) is 25.2 Å². The Kier molecular flexibility index (Phi) is 3.27. The third kappa shape index (κ3) is 2.32. The van der Waals surface area contributed by atoms with Gasteiger partial charge < -0.3 is 9.67 Å². The number of hydrogen-bond acceptors (Lipinski definition) is 1. The van der Waals surface area contributed by atoms with Crippen LogP contribution in [-0.4, -0.2) is 9.67 Å². The number of hydrogen-bond donors (Lipinski definition) is 1. The first kappa shape index (κ1) is 10.5. The van der Waals surface area contributed by atoms with Crippen molar-refractivity contribution in [2.24, 2.45) is 0 Å². The summed E-state index contributed by atoms with van der Waals surface area (Å²) in [5, 5.41) is 9.82. The lowest BCUT2D eigenvalue weighted by Gasteiger charge is -2.16. The molecule has 1 aliphatic carbocycles. The van der Waals surface area contributed by atoms with Crippen molar-refractivity contribution in [3.8, 4) is 0 Å². The van der Waals surface area contributed by atoms with Gasteiger partial charge in [-0.1, -0.05) is 6.08 Å². The highest BCUT2D eigenvalue weighted by Gasteiger charge is 2.19. The lowest BCUT2D eigenvalue weighted by molar-refractivity contribution is 0.157. The highest BCUT2D eigenvalue weighted by molar-refractivity contribution is 5.28. The van der Waals surface area contributed by atoms with Gasteiger partial charge in [0.05, 0.1) is 6.10 Å². The number of aromatic nitrogens is 1. The van der Waals surface area contributed by atoms with Crippen molar-refractivity contribution in [1.29, 1.82) is 0 Å². The summed E-state index contributed by atoms with van der Waals surface area (Å²) in [7, 11) is 0. The molecule has 1 N–H and O–H groups in total. The summed E-state index contributed by atoms with van der Waals surface area (Å²) in [6.07, 6.45) is 11.4. The Bertz CT molecular complexity index is 340. The van der Waals surface area contributed by atoms with Crippen molar-refractivity contribution in [1.82, 2.24) is 4.57 Å². The summed E-state index contributed by atoms with van der Waals surface area (Å²) < 4.78 is 2.21. The van der Waals surface area contributed by atoms with Gasteiger partial charge in [-0.2, -0.15) is 0 Å². The van der Waals surface area contributed by atoms with Crippen LogP contribution in [0.25, 0.3) is 0 Å². The zero-order valence-electron chi connectivity index (χ0n) is 9.15. The minimum Gasteiger partial charge on any atom is -0.388 e. The van der Waals surface area contributed by atoms with Crippen molar-refractivity contribution in [3.63, 3.8) is 0 Å². The highest BCUT2D eigenvalue weighted by atomic mass is 16.3. The summed E-state index contributed by atoms with van der Waals surface area (Å²) in [6, 6.07) is 0. The molecule has 0 fully saturated rings. The minimum atomic E-state index is -0.227. The first-order chi connectivity index (χ1) is 7.31. The van der Waals surface area contributed by atoms with E-state index in [1.807, 2.05) is 6.08 Å². The normalized spacial score (nSPS) is 19.9. The minimum absolute atomic E-state index is 0.227. The molecule has 82 valence electrons. The van der Waals surface area contributed by atoms with Crippen LogP contribution in [0.3, 0.4) is 0 Å². The van der Waals surface area contributed by atoms with Crippen LogP contribution in [0.2, 0.25) is 0 Å². The molecule has 1 aliphatic rings. The molecular weight excluding hydrogens is 186 g/mol. The zero-order valence-corrected chi connectivity index (χ0v) is 9.15. The average Bonchev–Trinajstić information content (AvgIpc) is 2.63. The zero-order chi connectivity index (χ0) is 10.7. The van der Waals surface area contributed by atoms with Crippen LogP contribution >= 0.6 is 0 Å². The van der Waals surface area contributed by atoms with E-state index in [0.717, 1.165) is 44.2 Å². The van der Waals surface area contributed by atoms with E-state index in [4.69, 9.17) is 0 Å². The number of aliphatic hydroxyl groups is 1. The van der Waals surface area contributed by atoms with Gasteiger partial charge in [-0.3, -0.25) is 0 Å². The van der Waals surface area contributed by atoms with Crippen LogP contribution in [0.4, 0.5) is 0 Å². The van der Waals surface area contributed by atoms with Crippen molar-refractivity contribution in [3.05, 3.63) is 36.2 Å². The standard InChI is InChI=1S/C13H19NO/c1-2-3-4-8-14-9-11-6-5-7-13(15)12(11)10-14/h2,9-10,13,15H,1,3-8H2. The van der Waals surface area contributed by atoms with Gasteiger partial charge in [-0.05, 0) is 37.7 Å². The molecule has 0 bridgehead atoms. The van der Waals surface area contributed by atoms with Crippen LogP contribution in [-0.2, 0) is 13.0 Å². The molecule has 0 saturated heterocycles. The molecule has 1 heterocycles. The molecule has 1 aromatic rings. The van der Waals surface area contributed by atoms with Gasteiger partial charge in [0.2, 0.25) is 0 Å². The number of allylic oxidation sites excluding steroid dienone is 1. The van der Waals surface area contributed by atoms with Gasteiger partial charge in [-0.25, -0.2) is 0 Å². The third-order valence-corrected chi connectivity index (χ3v) is 3.10. The Hall–Kier alpha value is -1.02. The first-order valence-electron chi connectivity index (χ1n) is 5.79. The molecule has 0 aliphatic heterocycles. The van der Waals surface area contributed by atoms with Gasteiger partial charge in [0.1, 0.15) is 0 Å². The fourth-order valence-electron chi connectivity index (χ4n) is 2.27. The van der Waals surface area contributed by atoms with Crippen LogP contribution in [0.15, 0.2) is 25.0 Å². The molecule has 0 amide bonds. The van der Waals surface area contributed by atoms with E-state index in [9.17, 15) is 5.11 Å². The highest BCUT2D eigenvalue weighted by Crippen LogP contribution is 2.30. The quantitative estimate of drug-likeness (QED) is 0.593. The fraction of sp³-hybridized carbons (Fsp3) is 0.538. The number of fused-ring (bicyclic) bond motifs is 1. The summed E-state index contributed by atoms with van der Waals surface area (Å²) in [5.74, 6) is 0. The Morgan fingerprint density at radius 1 is 1.53 bits per heavy atom. The monoisotopic (exact) mass is 205 g/mol. The van der Waals surface area contributed by atoms with Gasteiger partial charge in [0.15, 0.2) is 0 Å². The second-order valence-electron chi connectivity index (χ2n) is 4.32. The molecule has 0 saturated carbocycles. The van der Waals surface area contributed by atoms with Crippen LogP contribution in [0, 0.1) is 0 Å². The van der Waals surface area contributed by atoms with Crippen LogP contribution in [0.5, 0.6) is 0 Å². The molecule has 2 heteroatoms. The van der Waals surface area contributed by atoms with Gasteiger partial charge in [-0.15, -0.1) is 6.58 Å². The summed E-state index contributed by atoms with van der Waals surface area (Å²) in [6.45, 7) is 4.75. The van der Waals surface area contributed by atoms with E-state index in [2.05, 4.69) is 23.5 Å². The lowest BCUT2D eigenvalue weighted by Crippen LogP contribution is -2.05. The van der Waals surface area contributed by atoms with E-state index in [-0.39, 0.29) is 6.10 Å². The Labute approximate surface area is 91.2 Å². The number of unbranched alkanes of at least 4 members (excludes halogenated alkanes) is 1. The molecule has 15 heavy (non-hydrogen) atoms. The van der Waals surface area contributed by atoms with Crippen molar-refractivity contribution in [2.75, 3.05) is 0 Å². The molecule has 2 rings (SSSR count). The summed E-state index contributed by atoms with van der Waals surface area (Å²) >= 11 is 0. The number of aryl methyl sites for hydroxylation is 2. The molecule has 1 unspecified atom stereocenters. The average molecular weight is 205 g/mol. The second kappa shape index (κ2) is 4.67. The third-order valence-electron chi connectivity index (χ3n) is 3.10. The van der Waals surface area contributed by atoms with Gasteiger partial charge >= 0.3 is 0 Å². The SMILES string of the molecule is C=CCCCn1cc2c(c1)C(O)CCC2. The van der Waals surface area contributed by atoms with E-state index in [1.54, 1.807) is 0 Å². The van der Waals surface area contributed by atoms with Crippen molar-refractivity contribution in [2.45, 2.75) is 44.8 Å². The van der Waals surface area contributed by atoms with E-state index in [0.29, 0.717) is 0 Å². The largest absolute Gasteiger partial charge is 0.388 e. The number of aliphatic hydroxyl groups excluding tert-OH is 1. The van der Waals surface area contributed by atoms with Crippen LogP contribution in [0.1, 0.15) is 42.9 Å². The molecular formula is C13H19NO. The Balaban J connectivity index is 2.04. The van der Waals surface area contributed by atoms with Crippen molar-refractivity contribution >= 4 is 0 Å². The second-order valence-corrected chi connectivity index (χ2v) is 4.32. The number of rotatable bonds is 4. The number of nitrogens with zero attached hydrogens (tertiary/aromatic N) is 1. The van der Waals surface area contributed by atoms with Crippen LogP contribution < -0.4 is 0 Å². The first-order valence-corrected chi connectivity index (χ1v) is 5.79. The fourth-order valence-corrected chi connectivity index (χ4v) is 2.27. The molecule has 1 atom stereocenters. The van der Waals surface area contributed by atoms with E-state index in [1.165, 1.54) is 5.56 Å². The smallest absolute Gasteiger partial charge is 0.0807 e. The van der Waals surface area contributed by atoms with Crippen molar-refractivity contribution < 1.29 is 5.11 Å². The Morgan fingerprint density at radius 3 is 3.13 bits per heavy atom. The summed E-state index contributed by atoms with van der Waals surface area (Å²) in [5.41, 5.74) is 2.49. The van der Waals surface area contributed by atoms with E-state index >= 15 is 0 Å². The molecule has 2 nitrogen and oxygen atoms in total. The summed E-state index contributed by atoms with van der Waals surface area (Å²) in [4.78, 5) is 0. The predicted molar refractivity (Wildman–Crippen MR) is 61.8 cm³/mol. The Morgan fingerprint density at radius 2 is 2.40 bits per heavy atom. The molecule has 0 aromatic carbocycles.